The Hall–Kier alpha value is -2.95. The number of pyridine rings is 1. The summed E-state index contributed by atoms with van der Waals surface area (Å²) in [6.45, 7) is 1.92. The molecule has 0 fully saturated rings. The van der Waals surface area contributed by atoms with Gasteiger partial charge in [0.05, 0.1) is 5.69 Å². The summed E-state index contributed by atoms with van der Waals surface area (Å²) in [7, 11) is 0. The Morgan fingerprint density at radius 1 is 1.09 bits per heavy atom. The van der Waals surface area contributed by atoms with Gasteiger partial charge in [-0.05, 0) is 19.1 Å². The molecule has 0 saturated carbocycles. The summed E-state index contributed by atoms with van der Waals surface area (Å²) >= 11 is 0. The Balaban J connectivity index is 1.62. The highest BCUT2D eigenvalue weighted by molar-refractivity contribution is 6.00. The molecule has 23 heavy (non-hydrogen) atoms. The predicted molar refractivity (Wildman–Crippen MR) is 88.6 cm³/mol. The molecule has 1 N–H and O–H groups in total. The van der Waals surface area contributed by atoms with Crippen LogP contribution in [-0.4, -0.2) is 21.1 Å². The second-order valence-corrected chi connectivity index (χ2v) is 5.33. The molecule has 0 bridgehead atoms. The Labute approximate surface area is 134 Å². The number of carbonyl (C=O) groups is 2. The number of anilines is 1. The van der Waals surface area contributed by atoms with Crippen molar-refractivity contribution < 1.29 is 9.59 Å². The quantitative estimate of drug-likeness (QED) is 0.736. The lowest BCUT2D eigenvalue weighted by molar-refractivity contribution is -0.116. The lowest BCUT2D eigenvalue weighted by Crippen LogP contribution is -2.15. The van der Waals surface area contributed by atoms with Crippen LogP contribution in [0.25, 0.3) is 5.65 Å². The zero-order valence-electron chi connectivity index (χ0n) is 12.8. The monoisotopic (exact) mass is 307 g/mol. The molecule has 116 valence electrons. The number of hydrogen-bond acceptors (Lipinski definition) is 3. The maximum atomic E-state index is 12.1. The SMILES string of the molecule is Cc1c(NC(=O)CCC(=O)c2ccccc2)ccc2nccn12. The van der Waals surface area contributed by atoms with E-state index in [0.717, 1.165) is 17.0 Å². The van der Waals surface area contributed by atoms with Crippen molar-refractivity contribution in [3.63, 3.8) is 0 Å². The van der Waals surface area contributed by atoms with Crippen molar-refractivity contribution in [3.8, 4) is 0 Å². The number of ketones is 1. The minimum Gasteiger partial charge on any atom is -0.325 e. The number of carbonyl (C=O) groups excluding carboxylic acids is 2. The number of rotatable bonds is 5. The number of hydrogen-bond donors (Lipinski definition) is 1. The van der Waals surface area contributed by atoms with Crippen molar-refractivity contribution in [2.24, 2.45) is 0 Å². The van der Waals surface area contributed by atoms with E-state index >= 15 is 0 Å². The van der Waals surface area contributed by atoms with Crippen molar-refractivity contribution >= 4 is 23.0 Å². The van der Waals surface area contributed by atoms with Crippen molar-refractivity contribution in [1.82, 2.24) is 9.38 Å². The summed E-state index contributed by atoms with van der Waals surface area (Å²) in [4.78, 5) is 28.3. The molecule has 0 atom stereocenters. The molecule has 3 aromatic rings. The Morgan fingerprint density at radius 3 is 2.65 bits per heavy atom. The molecule has 3 rings (SSSR count). The summed E-state index contributed by atoms with van der Waals surface area (Å²) in [5.41, 5.74) is 3.10. The first-order valence-electron chi connectivity index (χ1n) is 7.46. The number of fused-ring (bicyclic) bond motifs is 1. The number of Topliss-reactive ketones (excluding diaryl/α,β-unsaturated/α-hetero) is 1. The molecule has 0 radical (unpaired) electrons. The van der Waals surface area contributed by atoms with Gasteiger partial charge in [-0.15, -0.1) is 0 Å². The van der Waals surface area contributed by atoms with Crippen LogP contribution in [0, 0.1) is 6.92 Å². The van der Waals surface area contributed by atoms with Crippen LogP contribution in [0.3, 0.4) is 0 Å². The number of amides is 1. The largest absolute Gasteiger partial charge is 0.325 e. The number of imidazole rings is 1. The van der Waals surface area contributed by atoms with Crippen LogP contribution in [-0.2, 0) is 4.79 Å². The van der Waals surface area contributed by atoms with Gasteiger partial charge in [-0.1, -0.05) is 30.3 Å². The first-order valence-corrected chi connectivity index (χ1v) is 7.46. The summed E-state index contributed by atoms with van der Waals surface area (Å²) < 4.78 is 1.91. The summed E-state index contributed by atoms with van der Waals surface area (Å²) in [6.07, 6.45) is 3.92. The van der Waals surface area contributed by atoms with Gasteiger partial charge in [-0.2, -0.15) is 0 Å². The molecular formula is C18H17N3O2. The number of nitrogens with zero attached hydrogens (tertiary/aromatic N) is 2. The molecule has 0 aliphatic rings. The van der Waals surface area contributed by atoms with Gasteiger partial charge in [0, 0.05) is 36.5 Å². The van der Waals surface area contributed by atoms with Crippen LogP contribution in [0.2, 0.25) is 0 Å². The summed E-state index contributed by atoms with van der Waals surface area (Å²) in [5, 5.41) is 2.86. The average Bonchev–Trinajstić information content (AvgIpc) is 3.05. The van der Waals surface area contributed by atoms with E-state index in [-0.39, 0.29) is 24.5 Å². The fourth-order valence-corrected chi connectivity index (χ4v) is 2.47. The minimum atomic E-state index is -0.170. The van der Waals surface area contributed by atoms with Gasteiger partial charge in [0.15, 0.2) is 5.78 Å². The average molecular weight is 307 g/mol. The van der Waals surface area contributed by atoms with Crippen LogP contribution in [0.5, 0.6) is 0 Å². The van der Waals surface area contributed by atoms with Gasteiger partial charge in [0.2, 0.25) is 5.91 Å². The maximum Gasteiger partial charge on any atom is 0.224 e. The third-order valence-electron chi connectivity index (χ3n) is 3.77. The maximum absolute atomic E-state index is 12.1. The molecule has 0 aliphatic heterocycles. The van der Waals surface area contributed by atoms with Crippen molar-refractivity contribution in [2.45, 2.75) is 19.8 Å². The lowest BCUT2D eigenvalue weighted by atomic mass is 10.1. The van der Waals surface area contributed by atoms with E-state index in [1.54, 1.807) is 18.3 Å². The van der Waals surface area contributed by atoms with Crippen molar-refractivity contribution in [2.75, 3.05) is 5.32 Å². The molecule has 0 spiro atoms. The highest BCUT2D eigenvalue weighted by atomic mass is 16.2. The van der Waals surface area contributed by atoms with E-state index in [0.29, 0.717) is 5.56 Å². The molecule has 0 aliphatic carbocycles. The Kier molecular flexibility index (Phi) is 4.19. The molecule has 0 saturated heterocycles. The van der Waals surface area contributed by atoms with E-state index in [4.69, 9.17) is 0 Å². The second kappa shape index (κ2) is 6.44. The Bertz CT molecular complexity index is 853. The van der Waals surface area contributed by atoms with E-state index < -0.39 is 0 Å². The van der Waals surface area contributed by atoms with E-state index in [2.05, 4.69) is 10.3 Å². The number of aryl methyl sites for hydroxylation is 1. The first kappa shape index (κ1) is 15.0. The molecule has 5 nitrogen and oxygen atoms in total. The lowest BCUT2D eigenvalue weighted by Gasteiger charge is -2.10. The molecule has 1 aromatic carbocycles. The summed E-state index contributed by atoms with van der Waals surface area (Å²) in [5.74, 6) is -0.195. The number of aromatic nitrogens is 2. The number of nitrogens with one attached hydrogen (secondary N) is 1. The number of benzene rings is 1. The predicted octanol–water partition coefficient (Wildman–Crippen LogP) is 3.24. The van der Waals surface area contributed by atoms with E-state index in [9.17, 15) is 9.59 Å². The second-order valence-electron chi connectivity index (χ2n) is 5.33. The molecule has 0 unspecified atom stereocenters. The fourth-order valence-electron chi connectivity index (χ4n) is 2.47. The van der Waals surface area contributed by atoms with Crippen LogP contribution in [0.1, 0.15) is 28.9 Å². The first-order chi connectivity index (χ1) is 11.1. The van der Waals surface area contributed by atoms with Gasteiger partial charge >= 0.3 is 0 Å². The van der Waals surface area contributed by atoms with Gasteiger partial charge in [-0.25, -0.2) is 4.98 Å². The molecule has 1 amide bonds. The molecule has 2 aromatic heterocycles. The zero-order chi connectivity index (χ0) is 16.2. The summed E-state index contributed by atoms with van der Waals surface area (Å²) in [6, 6.07) is 12.7. The zero-order valence-corrected chi connectivity index (χ0v) is 12.8. The highest BCUT2D eigenvalue weighted by Gasteiger charge is 2.11. The van der Waals surface area contributed by atoms with Crippen LogP contribution < -0.4 is 5.32 Å². The van der Waals surface area contributed by atoms with Crippen LogP contribution >= 0.6 is 0 Å². The third-order valence-corrected chi connectivity index (χ3v) is 3.77. The van der Waals surface area contributed by atoms with E-state index in [1.165, 1.54) is 0 Å². The molecular weight excluding hydrogens is 290 g/mol. The smallest absolute Gasteiger partial charge is 0.224 e. The normalized spacial score (nSPS) is 10.7. The van der Waals surface area contributed by atoms with Crippen molar-refractivity contribution in [3.05, 3.63) is 66.1 Å². The Morgan fingerprint density at radius 2 is 1.87 bits per heavy atom. The van der Waals surface area contributed by atoms with Crippen LogP contribution in [0.15, 0.2) is 54.9 Å². The standard InChI is InChI=1S/C18H17N3O2/c1-13-15(7-9-17-19-11-12-21(13)17)20-18(23)10-8-16(22)14-5-3-2-4-6-14/h2-7,9,11-12H,8,10H2,1H3,(H,20,23). The topological polar surface area (TPSA) is 63.5 Å². The van der Waals surface area contributed by atoms with E-state index in [1.807, 2.05) is 47.9 Å². The molecule has 5 heteroatoms. The third kappa shape index (κ3) is 3.29. The van der Waals surface area contributed by atoms with Crippen LogP contribution in [0.4, 0.5) is 5.69 Å². The highest BCUT2D eigenvalue weighted by Crippen LogP contribution is 2.17. The van der Waals surface area contributed by atoms with Gasteiger partial charge in [-0.3, -0.25) is 9.59 Å². The fraction of sp³-hybridized carbons (Fsp3) is 0.167. The minimum absolute atomic E-state index is 0.0254. The van der Waals surface area contributed by atoms with Crippen molar-refractivity contribution in [1.29, 1.82) is 0 Å². The molecule has 2 heterocycles. The van der Waals surface area contributed by atoms with Gasteiger partial charge in [0.25, 0.3) is 0 Å². The van der Waals surface area contributed by atoms with Gasteiger partial charge < -0.3 is 9.72 Å². The van der Waals surface area contributed by atoms with Gasteiger partial charge in [0.1, 0.15) is 5.65 Å².